The maximum absolute atomic E-state index is 8.64. The number of rotatable bonds is 11. The summed E-state index contributed by atoms with van der Waals surface area (Å²) in [7, 11) is 1.65. The van der Waals surface area contributed by atoms with Crippen LogP contribution in [0.3, 0.4) is 0 Å². The number of benzene rings is 2. The van der Waals surface area contributed by atoms with Crippen LogP contribution < -0.4 is 14.8 Å². The summed E-state index contributed by atoms with van der Waals surface area (Å²) in [5.74, 6) is 1.46. The molecule has 0 radical (unpaired) electrons. The van der Waals surface area contributed by atoms with Gasteiger partial charge >= 0.3 is 0 Å². The van der Waals surface area contributed by atoms with Crippen molar-refractivity contribution in [2.75, 3.05) is 33.5 Å². The first kappa shape index (κ1) is 19.2. The molecule has 0 heterocycles. The standard InChI is InChI=1S/C20H27NO4/c1-16-3-5-17(6-4-16)15-25-19-8-7-18(13-20(19)23-2)14-21-9-11-24-12-10-22/h3-8,13,21-22H,9-12,14-15H2,1-2H3. The lowest BCUT2D eigenvalue weighted by Gasteiger charge is -2.13. The van der Waals surface area contributed by atoms with Crippen LogP contribution in [0.1, 0.15) is 16.7 Å². The average molecular weight is 345 g/mol. The van der Waals surface area contributed by atoms with Crippen molar-refractivity contribution in [3.8, 4) is 11.5 Å². The Kier molecular flexibility index (Phi) is 8.25. The summed E-state index contributed by atoms with van der Waals surface area (Å²) in [6, 6.07) is 14.2. The summed E-state index contributed by atoms with van der Waals surface area (Å²) < 4.78 is 16.5. The van der Waals surface area contributed by atoms with Crippen LogP contribution >= 0.6 is 0 Å². The third kappa shape index (κ3) is 6.74. The molecule has 0 amide bonds. The number of nitrogens with one attached hydrogen (secondary N) is 1. The second kappa shape index (κ2) is 10.7. The van der Waals surface area contributed by atoms with E-state index < -0.39 is 0 Å². The van der Waals surface area contributed by atoms with Crippen molar-refractivity contribution in [2.45, 2.75) is 20.1 Å². The van der Waals surface area contributed by atoms with Gasteiger partial charge in [-0.25, -0.2) is 0 Å². The zero-order valence-electron chi connectivity index (χ0n) is 15.0. The van der Waals surface area contributed by atoms with Gasteiger partial charge in [0.05, 0.1) is 26.9 Å². The zero-order valence-corrected chi connectivity index (χ0v) is 15.0. The van der Waals surface area contributed by atoms with Gasteiger partial charge in [0.1, 0.15) is 6.61 Å². The largest absolute Gasteiger partial charge is 0.493 e. The van der Waals surface area contributed by atoms with E-state index in [9.17, 15) is 0 Å². The first-order valence-electron chi connectivity index (χ1n) is 8.47. The van der Waals surface area contributed by atoms with E-state index in [4.69, 9.17) is 19.3 Å². The fourth-order valence-electron chi connectivity index (χ4n) is 2.33. The Morgan fingerprint density at radius 2 is 1.72 bits per heavy atom. The van der Waals surface area contributed by atoms with Crippen LogP contribution in [0, 0.1) is 6.92 Å². The fraction of sp³-hybridized carbons (Fsp3) is 0.400. The van der Waals surface area contributed by atoms with Crippen molar-refractivity contribution in [3.05, 3.63) is 59.2 Å². The highest BCUT2D eigenvalue weighted by Gasteiger charge is 2.06. The molecule has 0 aliphatic rings. The summed E-state index contributed by atoms with van der Waals surface area (Å²) in [5.41, 5.74) is 3.47. The predicted molar refractivity (Wildman–Crippen MR) is 98.1 cm³/mol. The molecule has 0 fully saturated rings. The number of ether oxygens (including phenoxy) is 3. The van der Waals surface area contributed by atoms with Crippen LogP contribution in [0.2, 0.25) is 0 Å². The number of aliphatic hydroxyl groups excluding tert-OH is 1. The van der Waals surface area contributed by atoms with Crippen LogP contribution in [0.4, 0.5) is 0 Å². The highest BCUT2D eigenvalue weighted by Crippen LogP contribution is 2.28. The van der Waals surface area contributed by atoms with Crippen LogP contribution in [-0.2, 0) is 17.9 Å². The molecule has 2 rings (SSSR count). The molecule has 0 aliphatic carbocycles. The van der Waals surface area contributed by atoms with Gasteiger partial charge in [-0.05, 0) is 30.2 Å². The minimum atomic E-state index is 0.0568. The third-order valence-corrected chi connectivity index (χ3v) is 3.73. The zero-order chi connectivity index (χ0) is 17.9. The van der Waals surface area contributed by atoms with Crippen LogP contribution in [-0.4, -0.2) is 38.6 Å². The van der Waals surface area contributed by atoms with Gasteiger partial charge in [0.15, 0.2) is 11.5 Å². The highest BCUT2D eigenvalue weighted by atomic mass is 16.5. The second-order valence-corrected chi connectivity index (χ2v) is 5.77. The Morgan fingerprint density at radius 1 is 0.960 bits per heavy atom. The minimum Gasteiger partial charge on any atom is -0.493 e. The van der Waals surface area contributed by atoms with Gasteiger partial charge in [0.2, 0.25) is 0 Å². The molecule has 136 valence electrons. The maximum Gasteiger partial charge on any atom is 0.161 e. The van der Waals surface area contributed by atoms with Crippen molar-refractivity contribution in [3.63, 3.8) is 0 Å². The molecule has 0 saturated carbocycles. The predicted octanol–water partition coefficient (Wildman–Crippen LogP) is 2.68. The molecule has 0 saturated heterocycles. The van der Waals surface area contributed by atoms with Crippen LogP contribution in [0.25, 0.3) is 0 Å². The molecule has 0 unspecified atom stereocenters. The van der Waals surface area contributed by atoms with Gasteiger partial charge in [-0.1, -0.05) is 35.9 Å². The Bertz CT molecular complexity index is 628. The Morgan fingerprint density at radius 3 is 2.44 bits per heavy atom. The van der Waals surface area contributed by atoms with Crippen molar-refractivity contribution in [1.82, 2.24) is 5.32 Å². The first-order chi connectivity index (χ1) is 12.2. The van der Waals surface area contributed by atoms with Gasteiger partial charge in [0.25, 0.3) is 0 Å². The van der Waals surface area contributed by atoms with E-state index in [0.29, 0.717) is 19.8 Å². The molecule has 0 aliphatic heterocycles. The SMILES string of the molecule is COc1cc(CNCCOCCO)ccc1OCc1ccc(C)cc1. The van der Waals surface area contributed by atoms with Crippen molar-refractivity contribution >= 4 is 0 Å². The molecule has 0 atom stereocenters. The maximum atomic E-state index is 8.64. The smallest absolute Gasteiger partial charge is 0.161 e. The van der Waals surface area contributed by atoms with Gasteiger partial charge in [-0.15, -0.1) is 0 Å². The summed E-state index contributed by atoms with van der Waals surface area (Å²) in [6.07, 6.45) is 0. The lowest BCUT2D eigenvalue weighted by atomic mass is 10.1. The van der Waals surface area contributed by atoms with E-state index in [1.165, 1.54) is 5.56 Å². The van der Waals surface area contributed by atoms with E-state index in [1.807, 2.05) is 18.2 Å². The van der Waals surface area contributed by atoms with Gasteiger partial charge in [-0.2, -0.15) is 0 Å². The molecule has 2 N–H and O–H groups in total. The Hall–Kier alpha value is -2.08. The van der Waals surface area contributed by atoms with Gasteiger partial charge in [0, 0.05) is 13.1 Å². The summed E-state index contributed by atoms with van der Waals surface area (Å²) in [6.45, 7) is 5.04. The number of hydrogen-bond acceptors (Lipinski definition) is 5. The third-order valence-electron chi connectivity index (χ3n) is 3.73. The molecule has 0 aromatic heterocycles. The van der Waals surface area contributed by atoms with Crippen LogP contribution in [0.5, 0.6) is 11.5 Å². The molecule has 0 spiro atoms. The number of aliphatic hydroxyl groups is 1. The summed E-state index contributed by atoms with van der Waals surface area (Å²) in [5, 5.41) is 11.9. The van der Waals surface area contributed by atoms with E-state index in [0.717, 1.165) is 35.7 Å². The first-order valence-corrected chi connectivity index (χ1v) is 8.47. The highest BCUT2D eigenvalue weighted by molar-refractivity contribution is 5.43. The van der Waals surface area contributed by atoms with Crippen LogP contribution in [0.15, 0.2) is 42.5 Å². The number of hydrogen-bond donors (Lipinski definition) is 2. The van der Waals surface area contributed by atoms with Gasteiger partial charge < -0.3 is 24.6 Å². The normalized spacial score (nSPS) is 10.7. The van der Waals surface area contributed by atoms with E-state index in [-0.39, 0.29) is 6.61 Å². The monoisotopic (exact) mass is 345 g/mol. The lowest BCUT2D eigenvalue weighted by molar-refractivity contribution is 0.0938. The molecule has 5 heteroatoms. The quantitative estimate of drug-likeness (QED) is 0.613. The molecule has 2 aromatic rings. The Labute approximate surface area is 149 Å². The summed E-state index contributed by atoms with van der Waals surface area (Å²) in [4.78, 5) is 0. The molecule has 2 aromatic carbocycles. The number of aryl methyl sites for hydroxylation is 1. The molecular weight excluding hydrogens is 318 g/mol. The molecule has 5 nitrogen and oxygen atoms in total. The van der Waals surface area contributed by atoms with Crippen molar-refractivity contribution in [2.24, 2.45) is 0 Å². The van der Waals surface area contributed by atoms with Crippen molar-refractivity contribution < 1.29 is 19.3 Å². The molecule has 25 heavy (non-hydrogen) atoms. The lowest BCUT2D eigenvalue weighted by Crippen LogP contribution is -2.20. The van der Waals surface area contributed by atoms with E-state index >= 15 is 0 Å². The van der Waals surface area contributed by atoms with E-state index in [2.05, 4.69) is 36.5 Å². The fourth-order valence-corrected chi connectivity index (χ4v) is 2.33. The molecule has 0 bridgehead atoms. The van der Waals surface area contributed by atoms with Gasteiger partial charge in [-0.3, -0.25) is 0 Å². The van der Waals surface area contributed by atoms with E-state index in [1.54, 1.807) is 7.11 Å². The average Bonchev–Trinajstić information content (AvgIpc) is 2.64. The summed E-state index contributed by atoms with van der Waals surface area (Å²) >= 11 is 0. The topological polar surface area (TPSA) is 60.0 Å². The number of methoxy groups -OCH3 is 1. The Balaban J connectivity index is 1.84. The van der Waals surface area contributed by atoms with Crippen molar-refractivity contribution in [1.29, 1.82) is 0 Å². The second-order valence-electron chi connectivity index (χ2n) is 5.77. The minimum absolute atomic E-state index is 0.0568. The molecular formula is C20H27NO4.